The third-order valence-electron chi connectivity index (χ3n) is 4.94. The van der Waals surface area contributed by atoms with Crippen LogP contribution in [0.25, 0.3) is 0 Å². The van der Waals surface area contributed by atoms with Crippen LogP contribution in [0.4, 0.5) is 13.2 Å². The summed E-state index contributed by atoms with van der Waals surface area (Å²) < 4.78 is 40.9. The monoisotopic (exact) mass is 452 g/mol. The maximum atomic E-state index is 13.1. The topological polar surface area (TPSA) is 41.9 Å². The van der Waals surface area contributed by atoms with Crippen LogP contribution in [0.15, 0.2) is 4.47 Å². The van der Waals surface area contributed by atoms with E-state index in [9.17, 15) is 13.2 Å². The van der Waals surface area contributed by atoms with E-state index in [0.717, 1.165) is 25.7 Å². The summed E-state index contributed by atoms with van der Waals surface area (Å²) in [5, 5.41) is 11.0. The van der Waals surface area contributed by atoms with Crippen LogP contribution in [0, 0.1) is 0 Å². The van der Waals surface area contributed by atoms with Crippen molar-refractivity contribution in [3.05, 3.63) is 15.9 Å². The molecule has 0 aliphatic heterocycles. The van der Waals surface area contributed by atoms with Crippen LogP contribution in [0.3, 0.4) is 0 Å². The minimum absolute atomic E-state index is 0.106. The standard InChI is InChI=1S/C17H24BrF3N4S/c18-13-14(11-7-8-11)25(24-15(13)17(19,20)21)10-4-9-22-16(26)23-12-5-2-1-3-6-12/h11-12H,1-10H2,(H2,22,23,26). The third-order valence-corrected chi connectivity index (χ3v) is 5.98. The fraction of sp³-hybridized carbons (Fsp3) is 0.765. The molecule has 0 unspecified atom stereocenters. The molecule has 0 spiro atoms. The van der Waals surface area contributed by atoms with Gasteiger partial charge in [0.2, 0.25) is 0 Å². The predicted octanol–water partition coefficient (Wildman–Crippen LogP) is 4.73. The van der Waals surface area contributed by atoms with Crippen LogP contribution in [0.1, 0.15) is 68.7 Å². The minimum atomic E-state index is -4.43. The smallest absolute Gasteiger partial charge is 0.363 e. The Balaban J connectivity index is 1.49. The first-order valence-electron chi connectivity index (χ1n) is 9.24. The Hall–Kier alpha value is -0.830. The van der Waals surface area contributed by atoms with Gasteiger partial charge in [0, 0.05) is 25.0 Å². The molecule has 2 fully saturated rings. The number of alkyl halides is 3. The van der Waals surface area contributed by atoms with E-state index < -0.39 is 11.9 Å². The van der Waals surface area contributed by atoms with E-state index in [1.807, 2.05) is 0 Å². The van der Waals surface area contributed by atoms with Crippen LogP contribution in [0.2, 0.25) is 0 Å². The molecule has 2 aliphatic rings. The molecule has 0 amide bonds. The van der Waals surface area contributed by atoms with Crippen LogP contribution >= 0.6 is 28.1 Å². The Morgan fingerprint density at radius 1 is 1.19 bits per heavy atom. The van der Waals surface area contributed by atoms with Gasteiger partial charge in [-0.1, -0.05) is 19.3 Å². The summed E-state index contributed by atoms with van der Waals surface area (Å²) in [6.45, 7) is 1.06. The van der Waals surface area contributed by atoms with Gasteiger partial charge in [0.15, 0.2) is 10.8 Å². The van der Waals surface area contributed by atoms with Gasteiger partial charge in [-0.15, -0.1) is 0 Å². The molecule has 4 nitrogen and oxygen atoms in total. The van der Waals surface area contributed by atoms with E-state index in [0.29, 0.717) is 36.4 Å². The third kappa shape index (κ3) is 5.12. The molecule has 0 aromatic carbocycles. The van der Waals surface area contributed by atoms with Crippen molar-refractivity contribution in [1.82, 2.24) is 20.4 Å². The Kier molecular flexibility index (Phi) is 6.48. The Labute approximate surface area is 165 Å². The van der Waals surface area contributed by atoms with Crippen molar-refractivity contribution >= 4 is 33.3 Å². The van der Waals surface area contributed by atoms with Gasteiger partial charge in [0.05, 0.1) is 10.2 Å². The van der Waals surface area contributed by atoms with Crippen LogP contribution in [-0.4, -0.2) is 27.5 Å². The molecule has 26 heavy (non-hydrogen) atoms. The molecule has 2 N–H and O–H groups in total. The maximum absolute atomic E-state index is 13.1. The summed E-state index contributed by atoms with van der Waals surface area (Å²) in [5.74, 6) is 0.190. The summed E-state index contributed by atoms with van der Waals surface area (Å²) in [4.78, 5) is 0. The molecule has 1 aromatic heterocycles. The summed E-state index contributed by atoms with van der Waals surface area (Å²) in [6, 6.07) is 0.446. The van der Waals surface area contributed by atoms with Gasteiger partial charge in [0.1, 0.15) is 0 Å². The molecule has 2 saturated carbocycles. The summed E-state index contributed by atoms with van der Waals surface area (Å²) in [5.41, 5.74) is -0.137. The van der Waals surface area contributed by atoms with Crippen LogP contribution in [-0.2, 0) is 12.7 Å². The van der Waals surface area contributed by atoms with Crippen molar-refractivity contribution in [2.45, 2.75) is 76.0 Å². The largest absolute Gasteiger partial charge is 0.436 e. The number of rotatable bonds is 6. The second kappa shape index (κ2) is 8.46. The first kappa shape index (κ1) is 19.9. The quantitative estimate of drug-likeness (QED) is 0.483. The van der Waals surface area contributed by atoms with E-state index in [-0.39, 0.29) is 10.4 Å². The van der Waals surface area contributed by atoms with Crippen molar-refractivity contribution in [2.75, 3.05) is 6.54 Å². The predicted molar refractivity (Wildman–Crippen MR) is 102 cm³/mol. The van der Waals surface area contributed by atoms with Crippen molar-refractivity contribution in [3.63, 3.8) is 0 Å². The number of halogens is 4. The first-order chi connectivity index (χ1) is 12.4. The number of nitrogens with zero attached hydrogens (tertiary/aromatic N) is 2. The Morgan fingerprint density at radius 3 is 2.50 bits per heavy atom. The van der Waals surface area contributed by atoms with Gasteiger partial charge >= 0.3 is 6.18 Å². The lowest BCUT2D eigenvalue weighted by atomic mass is 9.96. The lowest BCUT2D eigenvalue weighted by Crippen LogP contribution is -2.43. The lowest BCUT2D eigenvalue weighted by molar-refractivity contribution is -0.142. The number of hydrogen-bond acceptors (Lipinski definition) is 2. The highest BCUT2D eigenvalue weighted by Crippen LogP contribution is 2.46. The van der Waals surface area contributed by atoms with Crippen molar-refractivity contribution < 1.29 is 13.2 Å². The normalized spacial score (nSPS) is 18.8. The maximum Gasteiger partial charge on any atom is 0.436 e. The molecule has 1 aromatic rings. The Bertz CT molecular complexity index is 637. The van der Waals surface area contributed by atoms with Crippen molar-refractivity contribution in [2.24, 2.45) is 0 Å². The molecule has 146 valence electrons. The molecule has 1 heterocycles. The van der Waals surface area contributed by atoms with E-state index >= 15 is 0 Å². The van der Waals surface area contributed by atoms with Crippen LogP contribution in [0.5, 0.6) is 0 Å². The van der Waals surface area contributed by atoms with Gasteiger partial charge in [-0.3, -0.25) is 4.68 Å². The second-order valence-corrected chi connectivity index (χ2v) is 8.33. The molecular formula is C17H24BrF3N4S. The fourth-order valence-corrected chi connectivity index (χ4v) is 4.57. The molecule has 0 bridgehead atoms. The highest BCUT2D eigenvalue weighted by atomic mass is 79.9. The van der Waals surface area contributed by atoms with Gasteiger partial charge in [0.25, 0.3) is 0 Å². The first-order valence-corrected chi connectivity index (χ1v) is 10.4. The fourth-order valence-electron chi connectivity index (χ4n) is 3.47. The SMILES string of the molecule is FC(F)(F)c1nn(CCCNC(=S)NC2CCCCC2)c(C2CC2)c1Br. The zero-order chi connectivity index (χ0) is 18.7. The van der Waals surface area contributed by atoms with Crippen molar-refractivity contribution in [1.29, 1.82) is 0 Å². The zero-order valence-corrected chi connectivity index (χ0v) is 16.9. The number of aryl methyl sites for hydroxylation is 1. The number of aromatic nitrogens is 2. The summed E-state index contributed by atoms with van der Waals surface area (Å²) in [7, 11) is 0. The second-order valence-electron chi connectivity index (χ2n) is 7.13. The van der Waals surface area contributed by atoms with Gasteiger partial charge in [-0.05, 0) is 60.3 Å². The molecule has 0 radical (unpaired) electrons. The van der Waals surface area contributed by atoms with Crippen LogP contribution < -0.4 is 10.6 Å². The molecule has 0 atom stereocenters. The highest BCUT2D eigenvalue weighted by Gasteiger charge is 2.41. The molecule has 9 heteroatoms. The average Bonchev–Trinajstić information content (AvgIpc) is 3.35. The Morgan fingerprint density at radius 2 is 1.88 bits per heavy atom. The minimum Gasteiger partial charge on any atom is -0.363 e. The highest BCUT2D eigenvalue weighted by molar-refractivity contribution is 9.10. The van der Waals surface area contributed by atoms with Gasteiger partial charge in [-0.2, -0.15) is 18.3 Å². The van der Waals surface area contributed by atoms with E-state index in [1.165, 1.54) is 23.9 Å². The average molecular weight is 453 g/mol. The molecule has 3 rings (SSSR count). The number of thiocarbonyl (C=S) groups is 1. The van der Waals surface area contributed by atoms with Gasteiger partial charge in [-0.25, -0.2) is 0 Å². The van der Waals surface area contributed by atoms with Gasteiger partial charge < -0.3 is 10.6 Å². The summed E-state index contributed by atoms with van der Waals surface area (Å²) in [6.07, 6.45) is 4.14. The molecule has 0 saturated heterocycles. The van der Waals surface area contributed by atoms with E-state index in [2.05, 4.69) is 31.7 Å². The lowest BCUT2D eigenvalue weighted by Gasteiger charge is -2.24. The molecule has 2 aliphatic carbocycles. The summed E-state index contributed by atoms with van der Waals surface area (Å²) >= 11 is 8.43. The zero-order valence-electron chi connectivity index (χ0n) is 14.5. The van der Waals surface area contributed by atoms with E-state index in [4.69, 9.17) is 12.2 Å². The van der Waals surface area contributed by atoms with E-state index in [1.54, 1.807) is 0 Å². The van der Waals surface area contributed by atoms with Crippen molar-refractivity contribution in [3.8, 4) is 0 Å². The molecular weight excluding hydrogens is 429 g/mol. The number of nitrogens with one attached hydrogen (secondary N) is 2. The number of hydrogen-bond donors (Lipinski definition) is 2.